The maximum atomic E-state index is 10.9. The summed E-state index contributed by atoms with van der Waals surface area (Å²) in [5.41, 5.74) is 1.26. The number of quaternary nitrogens is 1. The van der Waals surface area contributed by atoms with Crippen LogP contribution in [0.15, 0.2) is 22.7 Å². The van der Waals surface area contributed by atoms with Crippen LogP contribution in [0.4, 0.5) is 5.69 Å². The first-order chi connectivity index (χ1) is 6.32. The first-order valence-corrected chi connectivity index (χ1v) is 4.96. The molecule has 3 nitrogen and oxygen atoms in total. The predicted molar refractivity (Wildman–Crippen MR) is 60.7 cm³/mol. The zero-order valence-corrected chi connectivity index (χ0v) is 10.00. The van der Waals surface area contributed by atoms with Crippen molar-refractivity contribution in [2.75, 3.05) is 21.1 Å². The molecule has 0 unspecified atom stereocenters. The number of carbonyl (C=O) groups is 1. The minimum atomic E-state index is -0.910. The van der Waals surface area contributed by atoms with Gasteiger partial charge >= 0.3 is 5.97 Å². The third kappa shape index (κ3) is 2.33. The third-order valence-electron chi connectivity index (χ3n) is 1.95. The summed E-state index contributed by atoms with van der Waals surface area (Å²) in [5.74, 6) is -0.910. The molecule has 0 fully saturated rings. The second kappa shape index (κ2) is 3.71. The number of carboxylic acid groups (broad SMARTS) is 1. The zero-order chi connectivity index (χ0) is 10.9. The Morgan fingerprint density at radius 2 is 1.93 bits per heavy atom. The Hall–Kier alpha value is -0.870. The predicted octanol–water partition coefficient (Wildman–Crippen LogP) is 2.34. The van der Waals surface area contributed by atoms with Crippen LogP contribution in [0.2, 0.25) is 0 Å². The first-order valence-electron chi connectivity index (χ1n) is 4.17. The van der Waals surface area contributed by atoms with Crippen molar-refractivity contribution >= 4 is 27.6 Å². The largest absolute Gasteiger partial charge is 0.478 e. The summed E-state index contributed by atoms with van der Waals surface area (Å²) in [5, 5.41) is 8.92. The molecule has 0 aromatic heterocycles. The molecule has 0 aliphatic rings. The smallest absolute Gasteiger partial charge is 0.337 e. The lowest BCUT2D eigenvalue weighted by Gasteiger charge is -2.23. The van der Waals surface area contributed by atoms with Crippen molar-refractivity contribution in [1.82, 2.24) is 4.48 Å². The van der Waals surface area contributed by atoms with Crippen molar-refractivity contribution in [1.29, 1.82) is 0 Å². The van der Waals surface area contributed by atoms with Gasteiger partial charge in [-0.05, 0) is 22.0 Å². The van der Waals surface area contributed by atoms with Gasteiger partial charge in [0.2, 0.25) is 0 Å². The molecule has 0 radical (unpaired) electrons. The quantitative estimate of drug-likeness (QED) is 0.828. The summed E-state index contributed by atoms with van der Waals surface area (Å²) in [6, 6.07) is 5.37. The highest BCUT2D eigenvalue weighted by Crippen LogP contribution is 2.24. The van der Waals surface area contributed by atoms with E-state index in [1.807, 2.05) is 27.2 Å². The van der Waals surface area contributed by atoms with Gasteiger partial charge in [0.05, 0.1) is 26.7 Å². The van der Waals surface area contributed by atoms with Gasteiger partial charge in [-0.2, -0.15) is 0 Å². The van der Waals surface area contributed by atoms with Gasteiger partial charge in [0.25, 0.3) is 0 Å². The summed E-state index contributed by atoms with van der Waals surface area (Å²) in [6.45, 7) is 0. The SMILES string of the molecule is C[N+](C)(C)c1ccc(Br)c(C(=O)O)c1. The van der Waals surface area contributed by atoms with Crippen molar-refractivity contribution in [2.24, 2.45) is 0 Å². The van der Waals surface area contributed by atoms with Gasteiger partial charge < -0.3 is 5.11 Å². The fraction of sp³-hybridized carbons (Fsp3) is 0.300. The molecule has 14 heavy (non-hydrogen) atoms. The van der Waals surface area contributed by atoms with Gasteiger partial charge in [0.15, 0.2) is 0 Å². The molecule has 1 aromatic carbocycles. The van der Waals surface area contributed by atoms with Crippen LogP contribution < -0.4 is 4.48 Å². The van der Waals surface area contributed by atoms with E-state index in [0.29, 0.717) is 14.5 Å². The molecule has 0 spiro atoms. The van der Waals surface area contributed by atoms with Crippen LogP contribution in [0.3, 0.4) is 0 Å². The normalized spacial score (nSPS) is 11.4. The molecule has 0 aliphatic heterocycles. The van der Waals surface area contributed by atoms with E-state index in [2.05, 4.69) is 15.9 Å². The highest BCUT2D eigenvalue weighted by Gasteiger charge is 2.16. The Morgan fingerprint density at radius 3 is 2.36 bits per heavy atom. The number of hydrogen-bond donors (Lipinski definition) is 1. The molecule has 0 aliphatic carbocycles. The topological polar surface area (TPSA) is 37.3 Å². The molecule has 1 aromatic rings. The van der Waals surface area contributed by atoms with Crippen molar-refractivity contribution in [3.8, 4) is 0 Å². The zero-order valence-electron chi connectivity index (χ0n) is 8.41. The van der Waals surface area contributed by atoms with Crippen molar-refractivity contribution < 1.29 is 9.90 Å². The molecule has 0 amide bonds. The van der Waals surface area contributed by atoms with Crippen molar-refractivity contribution in [3.05, 3.63) is 28.2 Å². The molecule has 0 bridgehead atoms. The van der Waals surface area contributed by atoms with Crippen LogP contribution in [-0.2, 0) is 0 Å². The van der Waals surface area contributed by atoms with Gasteiger partial charge in [0.1, 0.15) is 5.69 Å². The van der Waals surface area contributed by atoms with Crippen LogP contribution in [0.5, 0.6) is 0 Å². The highest BCUT2D eigenvalue weighted by molar-refractivity contribution is 9.10. The lowest BCUT2D eigenvalue weighted by Crippen LogP contribution is -2.34. The van der Waals surface area contributed by atoms with E-state index in [-0.39, 0.29) is 0 Å². The second-order valence-corrected chi connectivity index (χ2v) is 4.84. The third-order valence-corrected chi connectivity index (χ3v) is 2.65. The summed E-state index contributed by atoms with van der Waals surface area (Å²) in [6.07, 6.45) is 0. The molecule has 0 atom stereocenters. The van der Waals surface area contributed by atoms with Crippen molar-refractivity contribution in [2.45, 2.75) is 0 Å². The molecule has 1 rings (SSSR count). The summed E-state index contributed by atoms with van der Waals surface area (Å²) < 4.78 is 1.22. The Labute approximate surface area is 91.7 Å². The lowest BCUT2D eigenvalue weighted by molar-refractivity contribution is 0.0696. The maximum absolute atomic E-state index is 10.9. The number of carboxylic acids is 1. The molecule has 0 saturated heterocycles. The molecular weight excluding hydrogens is 246 g/mol. The lowest BCUT2D eigenvalue weighted by atomic mass is 10.2. The molecule has 0 saturated carbocycles. The number of rotatable bonds is 2. The van der Waals surface area contributed by atoms with E-state index in [4.69, 9.17) is 5.11 Å². The van der Waals surface area contributed by atoms with Crippen molar-refractivity contribution in [3.63, 3.8) is 0 Å². The van der Waals surface area contributed by atoms with Crippen LogP contribution in [0.1, 0.15) is 10.4 Å². The number of hydrogen-bond acceptors (Lipinski definition) is 1. The Morgan fingerprint density at radius 1 is 1.36 bits per heavy atom. The van der Waals surface area contributed by atoms with Gasteiger partial charge in [-0.1, -0.05) is 0 Å². The average molecular weight is 259 g/mol. The van der Waals surface area contributed by atoms with E-state index < -0.39 is 5.97 Å². The van der Waals surface area contributed by atoms with E-state index >= 15 is 0 Å². The number of aromatic carboxylic acids is 1. The van der Waals surface area contributed by atoms with E-state index in [0.717, 1.165) is 5.69 Å². The Balaban J connectivity index is 3.27. The molecule has 0 heterocycles. The first kappa shape index (κ1) is 11.2. The maximum Gasteiger partial charge on any atom is 0.337 e. The van der Waals surface area contributed by atoms with E-state index in [1.165, 1.54) is 0 Å². The number of nitrogens with zero attached hydrogens (tertiary/aromatic N) is 1. The number of halogens is 1. The summed E-state index contributed by atoms with van der Waals surface area (Å²) >= 11 is 3.21. The standard InChI is InChI=1S/C10H12BrNO2/c1-12(2,3)7-4-5-9(11)8(6-7)10(13)14/h4-6H,1-3H3/p+1. The van der Waals surface area contributed by atoms with Crippen LogP contribution in [-0.4, -0.2) is 32.2 Å². The minimum absolute atomic E-state index is 0.301. The monoisotopic (exact) mass is 258 g/mol. The Bertz CT molecular complexity index is 369. The number of benzene rings is 1. The molecular formula is C10H13BrNO2+. The van der Waals surface area contributed by atoms with Crippen LogP contribution in [0, 0.1) is 0 Å². The van der Waals surface area contributed by atoms with E-state index in [1.54, 1.807) is 12.1 Å². The fourth-order valence-corrected chi connectivity index (χ4v) is 1.51. The highest BCUT2D eigenvalue weighted by atomic mass is 79.9. The van der Waals surface area contributed by atoms with Gasteiger partial charge in [-0.15, -0.1) is 0 Å². The summed E-state index contributed by atoms with van der Waals surface area (Å²) in [4.78, 5) is 10.9. The Kier molecular flexibility index (Phi) is 2.97. The average Bonchev–Trinajstić information content (AvgIpc) is 2.02. The van der Waals surface area contributed by atoms with Gasteiger partial charge in [0, 0.05) is 16.6 Å². The van der Waals surface area contributed by atoms with Gasteiger partial charge in [-0.25, -0.2) is 4.79 Å². The fourth-order valence-electron chi connectivity index (χ4n) is 1.09. The van der Waals surface area contributed by atoms with E-state index in [9.17, 15) is 4.79 Å². The molecule has 76 valence electrons. The second-order valence-electron chi connectivity index (χ2n) is 3.98. The molecule has 1 N–H and O–H groups in total. The van der Waals surface area contributed by atoms with Crippen LogP contribution >= 0.6 is 15.9 Å². The minimum Gasteiger partial charge on any atom is -0.478 e. The van der Waals surface area contributed by atoms with Gasteiger partial charge in [-0.3, -0.25) is 4.48 Å². The molecule has 4 heteroatoms. The van der Waals surface area contributed by atoms with Crippen LogP contribution in [0.25, 0.3) is 0 Å². The summed E-state index contributed by atoms with van der Waals surface area (Å²) in [7, 11) is 5.98.